The van der Waals surface area contributed by atoms with Crippen molar-refractivity contribution in [3.05, 3.63) is 54.3 Å². The zero-order chi connectivity index (χ0) is 9.97. The minimum absolute atomic E-state index is 0. The van der Waals surface area contributed by atoms with Crippen LogP contribution in [0.5, 0.6) is 0 Å². The average Bonchev–Trinajstić information content (AvgIpc) is 2.20. The number of hydrogen-bond acceptors (Lipinski definition) is 1. The van der Waals surface area contributed by atoms with Crippen LogP contribution in [0.3, 0.4) is 0 Å². The number of anilines is 1. The summed E-state index contributed by atoms with van der Waals surface area (Å²) in [5.41, 5.74) is 8.38. The summed E-state index contributed by atoms with van der Waals surface area (Å²) in [6.07, 6.45) is 0. The van der Waals surface area contributed by atoms with E-state index in [1.165, 1.54) is 12.1 Å². The van der Waals surface area contributed by atoms with Crippen LogP contribution in [-0.4, -0.2) is 0 Å². The molecule has 2 N–H and O–H groups in total. The van der Waals surface area contributed by atoms with Gasteiger partial charge in [0, 0.05) is 11.3 Å². The summed E-state index contributed by atoms with van der Waals surface area (Å²) in [6, 6.07) is 13.9. The van der Waals surface area contributed by atoms with Gasteiger partial charge < -0.3 is 5.73 Å². The molecule has 1 nitrogen and oxygen atoms in total. The monoisotopic (exact) mass is 223 g/mol. The van der Waals surface area contributed by atoms with E-state index in [1.807, 2.05) is 24.3 Å². The molecule has 2 rings (SSSR count). The fourth-order valence-electron chi connectivity index (χ4n) is 1.39. The maximum absolute atomic E-state index is 12.7. The molecule has 0 radical (unpaired) electrons. The maximum atomic E-state index is 12.7. The molecule has 2 aromatic rings. The molecule has 0 aromatic heterocycles. The highest BCUT2D eigenvalue weighted by Gasteiger charge is 2.00. The van der Waals surface area contributed by atoms with Crippen molar-refractivity contribution in [3.8, 4) is 11.1 Å². The molecule has 0 unspecified atom stereocenters. The van der Waals surface area contributed by atoms with Gasteiger partial charge in [-0.2, -0.15) is 0 Å². The molecule has 78 valence electrons. The molecule has 0 saturated heterocycles. The maximum Gasteiger partial charge on any atom is 0.123 e. The Morgan fingerprint density at radius 3 is 2.07 bits per heavy atom. The number of hydrogen-bond donors (Lipinski definition) is 1. The summed E-state index contributed by atoms with van der Waals surface area (Å²) in [4.78, 5) is 0. The van der Waals surface area contributed by atoms with Gasteiger partial charge in [-0.05, 0) is 23.8 Å². The van der Waals surface area contributed by atoms with E-state index in [4.69, 9.17) is 5.73 Å². The molecule has 0 amide bonds. The van der Waals surface area contributed by atoms with Crippen LogP contribution in [-0.2, 0) is 0 Å². The van der Waals surface area contributed by atoms with Crippen LogP contribution in [0.2, 0.25) is 0 Å². The second-order valence-electron chi connectivity index (χ2n) is 3.09. The first-order chi connectivity index (χ1) is 6.77. The van der Waals surface area contributed by atoms with Crippen molar-refractivity contribution in [2.24, 2.45) is 0 Å². The Balaban J connectivity index is 0.00000112. The summed E-state index contributed by atoms with van der Waals surface area (Å²) < 4.78 is 12.7. The molecule has 0 bridgehead atoms. The SMILES string of the molecule is Cl.Nc1ccccc1-c1ccc(F)cc1. The van der Waals surface area contributed by atoms with Crippen molar-refractivity contribution in [1.82, 2.24) is 0 Å². The Kier molecular flexibility index (Phi) is 3.69. The van der Waals surface area contributed by atoms with Crippen LogP contribution in [0.1, 0.15) is 0 Å². The Hall–Kier alpha value is -1.54. The molecular weight excluding hydrogens is 213 g/mol. The molecule has 0 atom stereocenters. The van der Waals surface area contributed by atoms with E-state index in [2.05, 4.69) is 0 Å². The number of nitrogen functional groups attached to an aromatic ring is 1. The third-order valence-electron chi connectivity index (χ3n) is 2.12. The Morgan fingerprint density at radius 2 is 1.47 bits per heavy atom. The van der Waals surface area contributed by atoms with E-state index < -0.39 is 0 Å². The zero-order valence-corrected chi connectivity index (χ0v) is 8.80. The van der Waals surface area contributed by atoms with Crippen LogP contribution in [0.4, 0.5) is 10.1 Å². The quantitative estimate of drug-likeness (QED) is 0.736. The van der Waals surface area contributed by atoms with Gasteiger partial charge in [0.1, 0.15) is 5.82 Å². The van der Waals surface area contributed by atoms with Gasteiger partial charge in [0.15, 0.2) is 0 Å². The lowest BCUT2D eigenvalue weighted by Crippen LogP contribution is -1.88. The van der Waals surface area contributed by atoms with Gasteiger partial charge in [-0.25, -0.2) is 4.39 Å². The van der Waals surface area contributed by atoms with Crippen molar-refractivity contribution >= 4 is 18.1 Å². The fourth-order valence-corrected chi connectivity index (χ4v) is 1.39. The number of benzene rings is 2. The van der Waals surface area contributed by atoms with Gasteiger partial charge in [-0.3, -0.25) is 0 Å². The Labute approximate surface area is 94.1 Å². The normalized spacial score (nSPS) is 9.40. The number of para-hydroxylation sites is 1. The molecule has 0 aliphatic carbocycles. The molecule has 3 heteroatoms. The van der Waals surface area contributed by atoms with E-state index in [0.717, 1.165) is 11.1 Å². The highest BCUT2D eigenvalue weighted by atomic mass is 35.5. The third-order valence-corrected chi connectivity index (χ3v) is 2.12. The van der Waals surface area contributed by atoms with Gasteiger partial charge in [0.05, 0.1) is 0 Å². The van der Waals surface area contributed by atoms with E-state index in [-0.39, 0.29) is 18.2 Å². The van der Waals surface area contributed by atoms with Crippen LogP contribution in [0, 0.1) is 5.82 Å². The average molecular weight is 224 g/mol. The molecule has 0 aliphatic rings. The van der Waals surface area contributed by atoms with Gasteiger partial charge >= 0.3 is 0 Å². The van der Waals surface area contributed by atoms with Gasteiger partial charge in [-0.15, -0.1) is 12.4 Å². The molecule has 0 spiro atoms. The molecule has 15 heavy (non-hydrogen) atoms. The van der Waals surface area contributed by atoms with Crippen LogP contribution >= 0.6 is 12.4 Å². The topological polar surface area (TPSA) is 26.0 Å². The van der Waals surface area contributed by atoms with E-state index >= 15 is 0 Å². The molecular formula is C12H11ClFN. The zero-order valence-electron chi connectivity index (χ0n) is 7.98. The molecule has 2 aromatic carbocycles. The summed E-state index contributed by atoms with van der Waals surface area (Å²) in [5, 5.41) is 0. The van der Waals surface area contributed by atoms with Crippen LogP contribution < -0.4 is 5.73 Å². The van der Waals surface area contributed by atoms with Gasteiger partial charge in [-0.1, -0.05) is 30.3 Å². The van der Waals surface area contributed by atoms with Gasteiger partial charge in [0.25, 0.3) is 0 Å². The third kappa shape index (κ3) is 2.48. The van der Waals surface area contributed by atoms with Crippen molar-refractivity contribution in [1.29, 1.82) is 0 Å². The largest absolute Gasteiger partial charge is 0.398 e. The lowest BCUT2D eigenvalue weighted by atomic mass is 10.0. The van der Waals surface area contributed by atoms with Crippen LogP contribution in [0.25, 0.3) is 11.1 Å². The Bertz CT molecular complexity index is 440. The van der Waals surface area contributed by atoms with Gasteiger partial charge in [0.2, 0.25) is 0 Å². The lowest BCUT2D eigenvalue weighted by Gasteiger charge is -2.04. The van der Waals surface area contributed by atoms with E-state index in [9.17, 15) is 4.39 Å². The number of halogens is 2. The minimum Gasteiger partial charge on any atom is -0.398 e. The second kappa shape index (κ2) is 4.80. The fraction of sp³-hybridized carbons (Fsp3) is 0. The first kappa shape index (κ1) is 11.5. The smallest absolute Gasteiger partial charge is 0.123 e. The predicted octanol–water partition coefficient (Wildman–Crippen LogP) is 3.50. The second-order valence-corrected chi connectivity index (χ2v) is 3.09. The summed E-state index contributed by atoms with van der Waals surface area (Å²) in [7, 11) is 0. The van der Waals surface area contributed by atoms with E-state index in [0.29, 0.717) is 5.69 Å². The highest BCUT2D eigenvalue weighted by molar-refractivity contribution is 5.85. The minimum atomic E-state index is -0.233. The van der Waals surface area contributed by atoms with Crippen molar-refractivity contribution in [2.75, 3.05) is 5.73 Å². The molecule has 0 saturated carbocycles. The number of rotatable bonds is 1. The number of nitrogens with two attached hydrogens (primary N) is 1. The summed E-state index contributed by atoms with van der Waals surface area (Å²) in [6.45, 7) is 0. The first-order valence-corrected chi connectivity index (χ1v) is 4.38. The standard InChI is InChI=1S/C12H10FN.ClH/c13-10-7-5-9(6-8-10)11-3-1-2-4-12(11)14;/h1-8H,14H2;1H. The Morgan fingerprint density at radius 1 is 0.867 bits per heavy atom. The first-order valence-electron chi connectivity index (χ1n) is 4.38. The van der Waals surface area contributed by atoms with Crippen molar-refractivity contribution in [2.45, 2.75) is 0 Å². The summed E-state index contributed by atoms with van der Waals surface area (Å²) in [5.74, 6) is -0.233. The van der Waals surface area contributed by atoms with Crippen LogP contribution in [0.15, 0.2) is 48.5 Å². The van der Waals surface area contributed by atoms with Crippen molar-refractivity contribution in [3.63, 3.8) is 0 Å². The molecule has 0 heterocycles. The van der Waals surface area contributed by atoms with Crippen molar-refractivity contribution < 1.29 is 4.39 Å². The summed E-state index contributed by atoms with van der Waals surface area (Å²) >= 11 is 0. The predicted molar refractivity (Wildman–Crippen MR) is 63.5 cm³/mol. The molecule has 0 aliphatic heterocycles. The lowest BCUT2D eigenvalue weighted by molar-refractivity contribution is 0.628. The van der Waals surface area contributed by atoms with E-state index in [1.54, 1.807) is 12.1 Å². The highest BCUT2D eigenvalue weighted by Crippen LogP contribution is 2.25. The molecule has 0 fully saturated rings.